The van der Waals surface area contributed by atoms with E-state index in [1.54, 1.807) is 37.4 Å². The van der Waals surface area contributed by atoms with Gasteiger partial charge in [0.2, 0.25) is 0 Å². The van der Waals surface area contributed by atoms with Crippen molar-refractivity contribution >= 4 is 22.6 Å². The van der Waals surface area contributed by atoms with Crippen LogP contribution >= 0.6 is 0 Å². The van der Waals surface area contributed by atoms with Gasteiger partial charge in [-0.15, -0.1) is 5.10 Å². The minimum atomic E-state index is -0.946. The molecule has 0 bridgehead atoms. The molecule has 13 nitrogen and oxygen atoms in total. The molecule has 1 fully saturated rings. The largest absolute Gasteiger partial charge is 0.394 e. The molecule has 6 rings (SSSR count). The third-order valence-electron chi connectivity index (χ3n) is 7.19. The standard InChI is InChI=1S/C26H24N6O7/c1-2-31-24(36)16-5-3-4-15-14(6-7-17(22(15)16)25(31)37)18-11-30(29-28-18)9-13-10-32(26(38)27-23(13)35)21-8-19(34)20(12-33)39-21/h3-7,10-11,19-21,33-34H,2,8-9,12H2,1H3,(H,27,35,38)/t19-,20+,21+/m0/s1. The van der Waals surface area contributed by atoms with Crippen LogP contribution in [-0.4, -0.2) is 76.8 Å². The van der Waals surface area contributed by atoms with Gasteiger partial charge >= 0.3 is 5.69 Å². The molecule has 2 aromatic heterocycles. The molecule has 0 unspecified atom stereocenters. The summed E-state index contributed by atoms with van der Waals surface area (Å²) in [4.78, 5) is 54.3. The van der Waals surface area contributed by atoms with E-state index in [9.17, 15) is 29.4 Å². The molecule has 200 valence electrons. The van der Waals surface area contributed by atoms with Gasteiger partial charge in [0.15, 0.2) is 0 Å². The molecule has 2 aliphatic heterocycles. The number of carbonyl (C=O) groups excluding carboxylic acids is 2. The van der Waals surface area contributed by atoms with E-state index in [1.165, 1.54) is 20.3 Å². The van der Waals surface area contributed by atoms with Crippen molar-refractivity contribution in [3.8, 4) is 11.3 Å². The zero-order valence-corrected chi connectivity index (χ0v) is 20.8. The van der Waals surface area contributed by atoms with Crippen LogP contribution in [0, 0.1) is 0 Å². The third kappa shape index (κ3) is 3.98. The molecular weight excluding hydrogens is 508 g/mol. The summed E-state index contributed by atoms with van der Waals surface area (Å²) >= 11 is 0. The predicted molar refractivity (Wildman–Crippen MR) is 136 cm³/mol. The smallest absolute Gasteiger partial charge is 0.330 e. The van der Waals surface area contributed by atoms with E-state index in [-0.39, 0.29) is 36.9 Å². The monoisotopic (exact) mass is 532 g/mol. The molecule has 2 amide bonds. The third-order valence-corrected chi connectivity index (χ3v) is 7.19. The molecule has 13 heteroatoms. The average Bonchev–Trinajstić information content (AvgIpc) is 3.54. The Labute approximate surface area is 219 Å². The molecular formula is C26H24N6O7. The van der Waals surface area contributed by atoms with Crippen molar-refractivity contribution in [1.29, 1.82) is 0 Å². The first-order chi connectivity index (χ1) is 18.8. The van der Waals surface area contributed by atoms with E-state index in [2.05, 4.69) is 15.3 Å². The van der Waals surface area contributed by atoms with Crippen LogP contribution in [0.4, 0.5) is 0 Å². The number of nitrogens with zero attached hydrogens (tertiary/aromatic N) is 5. The zero-order valence-electron chi connectivity index (χ0n) is 20.8. The van der Waals surface area contributed by atoms with Crippen LogP contribution in [0.15, 0.2) is 52.3 Å². The van der Waals surface area contributed by atoms with Crippen molar-refractivity contribution in [1.82, 2.24) is 29.4 Å². The minimum Gasteiger partial charge on any atom is -0.394 e. The summed E-state index contributed by atoms with van der Waals surface area (Å²) < 4.78 is 8.16. The number of rotatable bonds is 6. The van der Waals surface area contributed by atoms with Crippen LogP contribution in [0.3, 0.4) is 0 Å². The fourth-order valence-electron chi connectivity index (χ4n) is 5.23. The highest BCUT2D eigenvalue weighted by Gasteiger charge is 2.35. The SMILES string of the molecule is CCN1C(=O)c2cccc3c(-c4cn(Cc5cn([C@H]6C[C@H](O)[C@@H](CO)O6)c(=O)[nH]c5=O)nn4)ccc(c23)C1=O. The number of aliphatic hydroxyl groups is 2. The van der Waals surface area contributed by atoms with Crippen LogP contribution in [0.1, 0.15) is 45.9 Å². The average molecular weight is 533 g/mol. The lowest BCUT2D eigenvalue weighted by Gasteiger charge is -2.26. The molecule has 2 aromatic carbocycles. The molecule has 1 saturated heterocycles. The van der Waals surface area contributed by atoms with E-state index < -0.39 is 36.3 Å². The number of ether oxygens (including phenoxy) is 1. The number of benzene rings is 2. The first kappa shape index (κ1) is 24.9. The molecule has 2 aliphatic rings. The quantitative estimate of drug-likeness (QED) is 0.294. The summed E-state index contributed by atoms with van der Waals surface area (Å²) in [6, 6.07) is 8.69. The number of nitrogens with one attached hydrogen (secondary N) is 1. The second-order valence-corrected chi connectivity index (χ2v) is 9.48. The molecule has 3 N–H and O–H groups in total. The first-order valence-corrected chi connectivity index (χ1v) is 12.4. The number of hydrogen-bond acceptors (Lipinski definition) is 9. The maximum Gasteiger partial charge on any atom is 0.330 e. The molecule has 0 spiro atoms. The maximum absolute atomic E-state index is 12.9. The van der Waals surface area contributed by atoms with Crippen molar-refractivity contribution in [2.75, 3.05) is 13.2 Å². The van der Waals surface area contributed by atoms with Gasteiger partial charge in [-0.1, -0.05) is 23.4 Å². The van der Waals surface area contributed by atoms with E-state index in [4.69, 9.17) is 4.74 Å². The Morgan fingerprint density at radius 2 is 1.79 bits per heavy atom. The topological polar surface area (TPSA) is 173 Å². The number of aromatic amines is 1. The molecule has 39 heavy (non-hydrogen) atoms. The van der Waals surface area contributed by atoms with E-state index in [0.29, 0.717) is 33.2 Å². The number of amides is 2. The highest BCUT2D eigenvalue weighted by molar-refractivity contribution is 6.26. The van der Waals surface area contributed by atoms with Crippen LogP contribution in [-0.2, 0) is 11.3 Å². The van der Waals surface area contributed by atoms with Crippen LogP contribution in [0.5, 0.6) is 0 Å². The second-order valence-electron chi connectivity index (χ2n) is 9.48. The van der Waals surface area contributed by atoms with Crippen molar-refractivity contribution < 1.29 is 24.5 Å². The van der Waals surface area contributed by atoms with Crippen molar-refractivity contribution in [3.05, 3.63) is 80.3 Å². The maximum atomic E-state index is 12.9. The Balaban J connectivity index is 1.34. The summed E-state index contributed by atoms with van der Waals surface area (Å²) in [6.07, 6.45) is 0.431. The number of aliphatic hydroxyl groups excluding tert-OH is 2. The zero-order chi connectivity index (χ0) is 27.4. The predicted octanol–water partition coefficient (Wildman–Crippen LogP) is 0.253. The van der Waals surface area contributed by atoms with Crippen LogP contribution in [0.25, 0.3) is 22.0 Å². The Hall–Kier alpha value is -4.46. The number of hydrogen-bond donors (Lipinski definition) is 3. The van der Waals surface area contributed by atoms with Gasteiger partial charge in [0.05, 0.1) is 31.0 Å². The van der Waals surface area contributed by atoms with Gasteiger partial charge in [-0.05, 0) is 24.4 Å². The van der Waals surface area contributed by atoms with E-state index in [1.807, 2.05) is 6.07 Å². The molecule has 0 aliphatic carbocycles. The summed E-state index contributed by atoms with van der Waals surface area (Å²) in [5.41, 5.74) is 0.899. The second kappa shape index (κ2) is 9.38. The van der Waals surface area contributed by atoms with Crippen molar-refractivity contribution in [2.24, 2.45) is 0 Å². The fourth-order valence-corrected chi connectivity index (χ4v) is 5.23. The van der Waals surface area contributed by atoms with E-state index >= 15 is 0 Å². The minimum absolute atomic E-state index is 0.0228. The van der Waals surface area contributed by atoms with Gasteiger partial charge in [-0.2, -0.15) is 0 Å². The van der Waals surface area contributed by atoms with Gasteiger partial charge in [0.1, 0.15) is 18.0 Å². The van der Waals surface area contributed by atoms with Gasteiger partial charge in [0.25, 0.3) is 17.4 Å². The van der Waals surface area contributed by atoms with Gasteiger partial charge in [0, 0.05) is 41.2 Å². The number of imide groups is 1. The lowest BCUT2D eigenvalue weighted by atomic mass is 9.90. The lowest BCUT2D eigenvalue weighted by Crippen LogP contribution is -2.40. The number of H-pyrrole nitrogens is 1. The summed E-state index contributed by atoms with van der Waals surface area (Å²) in [5, 5.41) is 29.0. The highest BCUT2D eigenvalue weighted by Crippen LogP contribution is 2.35. The Morgan fingerprint density at radius 1 is 1.05 bits per heavy atom. The summed E-state index contributed by atoms with van der Waals surface area (Å²) in [7, 11) is 0. The molecule has 4 aromatic rings. The first-order valence-electron chi connectivity index (χ1n) is 12.4. The fraction of sp³-hybridized carbons (Fsp3) is 0.308. The Morgan fingerprint density at radius 3 is 2.51 bits per heavy atom. The molecule has 3 atom stereocenters. The van der Waals surface area contributed by atoms with Crippen LogP contribution < -0.4 is 11.2 Å². The number of carbonyl (C=O) groups is 2. The van der Waals surface area contributed by atoms with Crippen LogP contribution in [0.2, 0.25) is 0 Å². The van der Waals surface area contributed by atoms with Crippen molar-refractivity contribution in [3.63, 3.8) is 0 Å². The summed E-state index contributed by atoms with van der Waals surface area (Å²) in [6.45, 7) is 1.60. The normalized spacial score (nSPS) is 20.8. The Bertz CT molecular complexity index is 1730. The Kier molecular flexibility index (Phi) is 5.98. The van der Waals surface area contributed by atoms with Gasteiger partial charge < -0.3 is 14.9 Å². The molecule has 4 heterocycles. The van der Waals surface area contributed by atoms with Gasteiger partial charge in [-0.3, -0.25) is 28.8 Å². The van der Waals surface area contributed by atoms with E-state index in [0.717, 1.165) is 0 Å². The van der Waals surface area contributed by atoms with Gasteiger partial charge in [-0.25, -0.2) is 9.48 Å². The molecule has 0 saturated carbocycles. The lowest BCUT2D eigenvalue weighted by molar-refractivity contribution is -0.0460. The van der Waals surface area contributed by atoms with Crippen molar-refractivity contribution in [2.45, 2.75) is 38.3 Å². The highest BCUT2D eigenvalue weighted by atomic mass is 16.5. The number of aromatic nitrogens is 5. The summed E-state index contributed by atoms with van der Waals surface area (Å²) in [5.74, 6) is -0.695. The molecule has 0 radical (unpaired) electrons.